The Kier molecular flexibility index (Phi) is 3.89. The first-order valence-corrected chi connectivity index (χ1v) is 7.37. The number of hydrogen-bond donors (Lipinski definition) is 0. The van der Waals surface area contributed by atoms with E-state index in [0.29, 0.717) is 15.7 Å². The van der Waals surface area contributed by atoms with Crippen LogP contribution < -0.4 is 0 Å². The van der Waals surface area contributed by atoms with E-state index in [1.165, 1.54) is 0 Å². The van der Waals surface area contributed by atoms with E-state index in [9.17, 15) is 0 Å². The maximum Gasteiger partial charge on any atom is 0.163 e. The minimum absolute atomic E-state index is 0.359. The molecule has 1 aromatic heterocycles. The number of rotatable bonds is 2. The lowest BCUT2D eigenvalue weighted by molar-refractivity contribution is 0.880. The van der Waals surface area contributed by atoms with Crippen LogP contribution in [-0.4, -0.2) is 9.78 Å². The number of benzene rings is 2. The Labute approximate surface area is 138 Å². The van der Waals surface area contributed by atoms with Gasteiger partial charge in [0.2, 0.25) is 0 Å². The third-order valence-corrected chi connectivity index (χ3v) is 4.02. The summed E-state index contributed by atoms with van der Waals surface area (Å²) in [5.41, 5.74) is 3.96. The molecule has 108 valence electrons. The van der Waals surface area contributed by atoms with E-state index in [4.69, 9.17) is 28.5 Å². The summed E-state index contributed by atoms with van der Waals surface area (Å²) in [5.74, 6) is 0. The van der Waals surface area contributed by atoms with Gasteiger partial charge < -0.3 is 0 Å². The Morgan fingerprint density at radius 1 is 1.05 bits per heavy atom. The SMILES string of the molecule is Cc1cc(-c2cc(C#N)nn2-c2ccc(Cl)cc2)ccc1Cl. The van der Waals surface area contributed by atoms with Gasteiger partial charge in [0.1, 0.15) is 6.07 Å². The summed E-state index contributed by atoms with van der Waals surface area (Å²) in [5, 5.41) is 14.8. The molecule has 0 saturated heterocycles. The summed E-state index contributed by atoms with van der Waals surface area (Å²) in [6.07, 6.45) is 0. The summed E-state index contributed by atoms with van der Waals surface area (Å²) < 4.78 is 1.73. The standard InChI is InChI=1S/C17H11Cl2N3/c1-11-8-12(2-7-16(11)19)17-9-14(10-20)21-22(17)15-5-3-13(18)4-6-15/h2-9H,1H3. The zero-order valence-electron chi connectivity index (χ0n) is 11.7. The first kappa shape index (κ1) is 14.6. The highest BCUT2D eigenvalue weighted by Crippen LogP contribution is 2.28. The van der Waals surface area contributed by atoms with Gasteiger partial charge in [0.05, 0.1) is 11.4 Å². The molecule has 0 atom stereocenters. The van der Waals surface area contributed by atoms with E-state index >= 15 is 0 Å². The molecule has 22 heavy (non-hydrogen) atoms. The van der Waals surface area contributed by atoms with Crippen molar-refractivity contribution in [3.05, 3.63) is 69.8 Å². The fourth-order valence-electron chi connectivity index (χ4n) is 2.22. The summed E-state index contributed by atoms with van der Waals surface area (Å²) >= 11 is 12.0. The largest absolute Gasteiger partial charge is 0.232 e. The number of nitriles is 1. The second-order valence-electron chi connectivity index (χ2n) is 4.88. The molecule has 0 spiro atoms. The van der Waals surface area contributed by atoms with E-state index in [1.54, 1.807) is 22.9 Å². The van der Waals surface area contributed by atoms with E-state index in [2.05, 4.69) is 11.2 Å². The molecule has 0 bridgehead atoms. The molecule has 0 saturated carbocycles. The average Bonchev–Trinajstić information content (AvgIpc) is 2.95. The van der Waals surface area contributed by atoms with Crippen LogP contribution in [0.15, 0.2) is 48.5 Å². The summed E-state index contributed by atoms with van der Waals surface area (Å²) in [6, 6.07) is 16.9. The molecule has 0 aliphatic rings. The fraction of sp³-hybridized carbons (Fsp3) is 0.0588. The van der Waals surface area contributed by atoms with Crippen LogP contribution in [0, 0.1) is 18.3 Å². The number of aromatic nitrogens is 2. The van der Waals surface area contributed by atoms with Gasteiger partial charge in [-0.25, -0.2) is 4.68 Å². The smallest absolute Gasteiger partial charge is 0.163 e. The highest BCUT2D eigenvalue weighted by molar-refractivity contribution is 6.31. The van der Waals surface area contributed by atoms with Gasteiger partial charge in [-0.15, -0.1) is 0 Å². The van der Waals surface area contributed by atoms with Gasteiger partial charge in [-0.1, -0.05) is 29.3 Å². The number of hydrogen-bond acceptors (Lipinski definition) is 2. The van der Waals surface area contributed by atoms with Crippen molar-refractivity contribution >= 4 is 23.2 Å². The molecule has 3 nitrogen and oxygen atoms in total. The van der Waals surface area contributed by atoms with E-state index < -0.39 is 0 Å². The molecule has 2 aromatic carbocycles. The molecule has 0 radical (unpaired) electrons. The van der Waals surface area contributed by atoms with Gasteiger partial charge in [-0.3, -0.25) is 0 Å². The predicted molar refractivity (Wildman–Crippen MR) is 88.5 cm³/mol. The molecule has 0 unspecified atom stereocenters. The Hall–Kier alpha value is -2.28. The molecule has 3 rings (SSSR count). The summed E-state index contributed by atoms with van der Waals surface area (Å²) in [7, 11) is 0. The Bertz CT molecular complexity index is 874. The van der Waals surface area contributed by atoms with Gasteiger partial charge in [-0.05, 0) is 48.9 Å². The Morgan fingerprint density at radius 3 is 2.41 bits per heavy atom. The van der Waals surface area contributed by atoms with E-state index in [-0.39, 0.29) is 0 Å². The van der Waals surface area contributed by atoms with E-state index in [1.807, 2.05) is 37.3 Å². The number of nitrogens with zero attached hydrogens (tertiary/aromatic N) is 3. The van der Waals surface area contributed by atoms with Crippen molar-refractivity contribution in [3.8, 4) is 23.0 Å². The van der Waals surface area contributed by atoms with Crippen molar-refractivity contribution in [3.63, 3.8) is 0 Å². The molecule has 0 aliphatic carbocycles. The van der Waals surface area contributed by atoms with Gasteiger partial charge >= 0.3 is 0 Å². The second-order valence-corrected chi connectivity index (χ2v) is 5.72. The van der Waals surface area contributed by atoms with Gasteiger partial charge in [0, 0.05) is 21.7 Å². The van der Waals surface area contributed by atoms with Gasteiger partial charge in [0.15, 0.2) is 5.69 Å². The van der Waals surface area contributed by atoms with Crippen LogP contribution in [0.2, 0.25) is 10.0 Å². The highest BCUT2D eigenvalue weighted by Gasteiger charge is 2.12. The lowest BCUT2D eigenvalue weighted by Crippen LogP contribution is -1.99. The molecular formula is C17H11Cl2N3. The second kappa shape index (κ2) is 5.84. The van der Waals surface area contributed by atoms with Crippen molar-refractivity contribution in [2.24, 2.45) is 0 Å². The first-order valence-electron chi connectivity index (χ1n) is 6.61. The van der Waals surface area contributed by atoms with Crippen molar-refractivity contribution in [1.82, 2.24) is 9.78 Å². The van der Waals surface area contributed by atoms with Crippen LogP contribution in [0.4, 0.5) is 0 Å². The first-order chi connectivity index (χ1) is 10.6. The Balaban J connectivity index is 2.18. The topological polar surface area (TPSA) is 41.6 Å². The zero-order valence-corrected chi connectivity index (χ0v) is 13.2. The van der Waals surface area contributed by atoms with Crippen LogP contribution >= 0.6 is 23.2 Å². The normalized spacial score (nSPS) is 10.5. The quantitative estimate of drug-likeness (QED) is 0.662. The van der Waals surface area contributed by atoms with Crippen molar-refractivity contribution in [2.45, 2.75) is 6.92 Å². The Morgan fingerprint density at radius 2 is 1.77 bits per heavy atom. The van der Waals surface area contributed by atoms with Crippen LogP contribution in [0.3, 0.4) is 0 Å². The minimum atomic E-state index is 0.359. The van der Waals surface area contributed by atoms with Gasteiger partial charge in [-0.2, -0.15) is 10.4 Å². The lowest BCUT2D eigenvalue weighted by atomic mass is 10.1. The molecule has 0 fully saturated rings. The molecule has 1 heterocycles. The molecular weight excluding hydrogens is 317 g/mol. The zero-order chi connectivity index (χ0) is 15.7. The van der Waals surface area contributed by atoms with Crippen molar-refractivity contribution < 1.29 is 0 Å². The molecule has 5 heteroatoms. The molecule has 3 aromatic rings. The van der Waals surface area contributed by atoms with Crippen LogP contribution in [0.5, 0.6) is 0 Å². The monoisotopic (exact) mass is 327 g/mol. The molecule has 0 N–H and O–H groups in total. The van der Waals surface area contributed by atoms with Gasteiger partial charge in [0.25, 0.3) is 0 Å². The molecule has 0 amide bonds. The number of halogens is 2. The van der Waals surface area contributed by atoms with Crippen LogP contribution in [0.25, 0.3) is 16.9 Å². The fourth-order valence-corrected chi connectivity index (χ4v) is 2.47. The summed E-state index contributed by atoms with van der Waals surface area (Å²) in [4.78, 5) is 0. The molecule has 0 aliphatic heterocycles. The third kappa shape index (κ3) is 2.71. The predicted octanol–water partition coefficient (Wildman–Crippen LogP) is 5.03. The highest BCUT2D eigenvalue weighted by atomic mass is 35.5. The average molecular weight is 328 g/mol. The van der Waals surface area contributed by atoms with Crippen LogP contribution in [-0.2, 0) is 0 Å². The van der Waals surface area contributed by atoms with Crippen LogP contribution in [0.1, 0.15) is 11.3 Å². The van der Waals surface area contributed by atoms with Crippen molar-refractivity contribution in [1.29, 1.82) is 5.26 Å². The number of aryl methyl sites for hydroxylation is 1. The van der Waals surface area contributed by atoms with E-state index in [0.717, 1.165) is 22.5 Å². The maximum atomic E-state index is 9.14. The summed E-state index contributed by atoms with van der Waals surface area (Å²) in [6.45, 7) is 1.94. The third-order valence-electron chi connectivity index (χ3n) is 3.35. The maximum absolute atomic E-state index is 9.14. The van der Waals surface area contributed by atoms with Crippen molar-refractivity contribution in [2.75, 3.05) is 0 Å². The lowest BCUT2D eigenvalue weighted by Gasteiger charge is -2.09. The minimum Gasteiger partial charge on any atom is -0.232 e.